The molecule has 0 aliphatic carbocycles. The van der Waals surface area contributed by atoms with E-state index in [2.05, 4.69) is 30.9 Å². The Kier molecular flexibility index (Phi) is 3.93. The molecule has 1 aromatic carbocycles. The summed E-state index contributed by atoms with van der Waals surface area (Å²) in [5.41, 5.74) is 1.08. The lowest BCUT2D eigenvalue weighted by molar-refractivity contribution is -0.0481. The van der Waals surface area contributed by atoms with E-state index in [0.29, 0.717) is 0 Å². The quantitative estimate of drug-likeness (QED) is 0.893. The number of aliphatic hydroxyl groups excluding tert-OH is 1. The van der Waals surface area contributed by atoms with E-state index in [1.807, 2.05) is 12.1 Å². The molecule has 1 aromatic rings. The van der Waals surface area contributed by atoms with E-state index in [-0.39, 0.29) is 11.6 Å². The molecule has 1 fully saturated rings. The van der Waals surface area contributed by atoms with Gasteiger partial charge in [-0.1, -0.05) is 12.1 Å². The van der Waals surface area contributed by atoms with Gasteiger partial charge >= 0.3 is 0 Å². The molecule has 0 saturated carbocycles. The van der Waals surface area contributed by atoms with Crippen LogP contribution in [0.25, 0.3) is 0 Å². The van der Waals surface area contributed by atoms with Gasteiger partial charge in [0.05, 0.1) is 13.2 Å². The highest BCUT2D eigenvalue weighted by Gasteiger charge is 2.37. The largest absolute Gasteiger partial charge is 0.497 e. The van der Waals surface area contributed by atoms with Gasteiger partial charge in [-0.15, -0.1) is 0 Å². The maximum absolute atomic E-state index is 10.1. The third kappa shape index (κ3) is 2.68. The topological polar surface area (TPSA) is 32.7 Å². The fraction of sp³-hybridized carbons (Fsp3) is 0.600. The molecule has 1 aliphatic rings. The Morgan fingerprint density at radius 2 is 2.22 bits per heavy atom. The fourth-order valence-corrected chi connectivity index (χ4v) is 2.60. The molecule has 1 atom stereocenters. The van der Waals surface area contributed by atoms with Crippen molar-refractivity contribution in [3.8, 4) is 5.75 Å². The van der Waals surface area contributed by atoms with Crippen molar-refractivity contribution >= 4 is 0 Å². The van der Waals surface area contributed by atoms with Gasteiger partial charge in [0.15, 0.2) is 0 Å². The number of likely N-dealkylation sites (tertiary alicyclic amines) is 1. The normalized spacial score (nSPS) is 23.9. The van der Waals surface area contributed by atoms with Gasteiger partial charge in [-0.25, -0.2) is 0 Å². The lowest BCUT2D eigenvalue weighted by Crippen LogP contribution is -2.55. The Hall–Kier alpha value is -1.06. The molecule has 0 radical (unpaired) electrons. The highest BCUT2D eigenvalue weighted by atomic mass is 16.5. The molecular formula is C15H23NO2. The zero-order valence-corrected chi connectivity index (χ0v) is 11.5. The van der Waals surface area contributed by atoms with Crippen molar-refractivity contribution in [3.63, 3.8) is 0 Å². The van der Waals surface area contributed by atoms with Gasteiger partial charge in [0.1, 0.15) is 5.75 Å². The second-order valence-electron chi connectivity index (χ2n) is 5.58. The lowest BCUT2D eigenvalue weighted by atomic mass is 9.87. The Morgan fingerprint density at radius 1 is 1.44 bits per heavy atom. The molecule has 3 nitrogen and oxygen atoms in total. The first-order chi connectivity index (χ1) is 8.54. The van der Waals surface area contributed by atoms with Crippen LogP contribution in [0.4, 0.5) is 0 Å². The van der Waals surface area contributed by atoms with Crippen LogP contribution < -0.4 is 4.74 Å². The van der Waals surface area contributed by atoms with Crippen LogP contribution >= 0.6 is 0 Å². The third-order valence-electron chi connectivity index (χ3n) is 4.04. The molecule has 0 bridgehead atoms. The van der Waals surface area contributed by atoms with Gasteiger partial charge in [0, 0.05) is 12.1 Å². The van der Waals surface area contributed by atoms with Crippen molar-refractivity contribution in [2.24, 2.45) is 0 Å². The zero-order chi connectivity index (χ0) is 13.2. The second kappa shape index (κ2) is 5.29. The summed E-state index contributed by atoms with van der Waals surface area (Å²) < 4.78 is 5.25. The highest BCUT2D eigenvalue weighted by Crippen LogP contribution is 2.29. The summed E-state index contributed by atoms with van der Waals surface area (Å²) in [4.78, 5) is 2.36. The molecule has 1 heterocycles. The Morgan fingerprint density at radius 3 is 2.94 bits per heavy atom. The van der Waals surface area contributed by atoms with Crippen molar-refractivity contribution in [1.82, 2.24) is 4.90 Å². The summed E-state index contributed by atoms with van der Waals surface area (Å²) in [7, 11) is 1.69. The molecule has 0 aromatic heterocycles. The fourth-order valence-electron chi connectivity index (χ4n) is 2.60. The molecule has 1 unspecified atom stereocenters. The minimum absolute atomic E-state index is 0.151. The summed E-state index contributed by atoms with van der Waals surface area (Å²) in [5, 5.41) is 10.1. The first-order valence-corrected chi connectivity index (χ1v) is 6.60. The van der Waals surface area contributed by atoms with E-state index in [1.54, 1.807) is 7.11 Å². The number of methoxy groups -OCH3 is 1. The predicted molar refractivity (Wildman–Crippen MR) is 72.7 cm³/mol. The summed E-state index contributed by atoms with van der Waals surface area (Å²) >= 11 is 0. The van der Waals surface area contributed by atoms with Crippen molar-refractivity contribution in [2.45, 2.75) is 44.9 Å². The van der Waals surface area contributed by atoms with E-state index in [1.165, 1.54) is 5.56 Å². The van der Waals surface area contributed by atoms with Gasteiger partial charge in [-0.2, -0.15) is 0 Å². The number of hydrogen-bond acceptors (Lipinski definition) is 3. The lowest BCUT2D eigenvalue weighted by Gasteiger charge is -2.46. The first kappa shape index (κ1) is 13.4. The van der Waals surface area contributed by atoms with E-state index in [4.69, 9.17) is 4.74 Å². The van der Waals surface area contributed by atoms with E-state index in [9.17, 15) is 5.11 Å². The van der Waals surface area contributed by atoms with Crippen LogP contribution in [-0.2, 0) is 6.54 Å². The molecular weight excluding hydrogens is 226 g/mol. The SMILES string of the molecule is COc1cccc(CN2CCCC(O)C2(C)C)c1. The average molecular weight is 249 g/mol. The van der Waals surface area contributed by atoms with E-state index < -0.39 is 0 Å². The van der Waals surface area contributed by atoms with Crippen LogP contribution in [0.1, 0.15) is 32.3 Å². The maximum atomic E-state index is 10.1. The number of nitrogens with zero attached hydrogens (tertiary/aromatic N) is 1. The van der Waals surface area contributed by atoms with Crippen molar-refractivity contribution in [1.29, 1.82) is 0 Å². The van der Waals surface area contributed by atoms with Gasteiger partial charge in [-0.3, -0.25) is 4.90 Å². The summed E-state index contributed by atoms with van der Waals surface area (Å²) in [6.07, 6.45) is 1.73. The molecule has 18 heavy (non-hydrogen) atoms. The van der Waals surface area contributed by atoms with Crippen LogP contribution in [0.3, 0.4) is 0 Å². The number of ether oxygens (including phenoxy) is 1. The van der Waals surface area contributed by atoms with Crippen LogP contribution in [-0.4, -0.2) is 35.3 Å². The molecule has 1 saturated heterocycles. The number of piperidine rings is 1. The van der Waals surface area contributed by atoms with Crippen LogP contribution in [0.5, 0.6) is 5.75 Å². The van der Waals surface area contributed by atoms with E-state index in [0.717, 1.165) is 31.7 Å². The third-order valence-corrected chi connectivity index (χ3v) is 4.04. The summed E-state index contributed by atoms with van der Waals surface area (Å²) in [5.74, 6) is 0.892. The van der Waals surface area contributed by atoms with Gasteiger partial charge in [0.25, 0.3) is 0 Å². The second-order valence-corrected chi connectivity index (χ2v) is 5.58. The highest BCUT2D eigenvalue weighted by molar-refractivity contribution is 5.28. The van der Waals surface area contributed by atoms with Gasteiger partial charge < -0.3 is 9.84 Å². The van der Waals surface area contributed by atoms with Crippen LogP contribution in [0.2, 0.25) is 0 Å². The molecule has 2 rings (SSSR count). The Balaban J connectivity index is 2.12. The number of hydrogen-bond donors (Lipinski definition) is 1. The number of rotatable bonds is 3. The van der Waals surface area contributed by atoms with Gasteiger partial charge in [0.2, 0.25) is 0 Å². The van der Waals surface area contributed by atoms with Crippen molar-refractivity contribution in [2.75, 3.05) is 13.7 Å². The average Bonchev–Trinajstić information content (AvgIpc) is 2.36. The first-order valence-electron chi connectivity index (χ1n) is 6.60. The number of aliphatic hydroxyl groups is 1. The van der Waals surface area contributed by atoms with Crippen molar-refractivity contribution in [3.05, 3.63) is 29.8 Å². The number of benzene rings is 1. The summed E-state index contributed by atoms with van der Waals surface area (Å²) in [6.45, 7) is 6.15. The standard InChI is InChI=1S/C15H23NO2/c1-15(2)14(17)8-5-9-16(15)11-12-6-4-7-13(10-12)18-3/h4,6-7,10,14,17H,5,8-9,11H2,1-3H3. The van der Waals surface area contributed by atoms with Crippen molar-refractivity contribution < 1.29 is 9.84 Å². The Labute approximate surface area is 109 Å². The Bertz CT molecular complexity index is 403. The molecule has 0 amide bonds. The molecule has 1 aliphatic heterocycles. The molecule has 3 heteroatoms. The predicted octanol–water partition coefficient (Wildman–Crippen LogP) is 2.43. The van der Waals surface area contributed by atoms with Crippen LogP contribution in [0, 0.1) is 0 Å². The minimum Gasteiger partial charge on any atom is -0.497 e. The van der Waals surface area contributed by atoms with Crippen LogP contribution in [0.15, 0.2) is 24.3 Å². The van der Waals surface area contributed by atoms with Gasteiger partial charge in [-0.05, 0) is 50.9 Å². The molecule has 100 valence electrons. The molecule has 0 spiro atoms. The zero-order valence-electron chi connectivity index (χ0n) is 11.5. The maximum Gasteiger partial charge on any atom is 0.119 e. The minimum atomic E-state index is -0.239. The summed E-state index contributed by atoms with van der Waals surface area (Å²) in [6, 6.07) is 8.15. The van der Waals surface area contributed by atoms with E-state index >= 15 is 0 Å². The smallest absolute Gasteiger partial charge is 0.119 e. The monoisotopic (exact) mass is 249 g/mol. The molecule has 1 N–H and O–H groups in total.